The van der Waals surface area contributed by atoms with Gasteiger partial charge < -0.3 is 10.1 Å². The van der Waals surface area contributed by atoms with Crippen LogP contribution in [0.5, 0.6) is 0 Å². The van der Waals surface area contributed by atoms with Gasteiger partial charge in [0.15, 0.2) is 0 Å². The van der Waals surface area contributed by atoms with Crippen molar-refractivity contribution in [2.45, 2.75) is 33.3 Å². The quantitative estimate of drug-likeness (QED) is 0.706. The first-order chi connectivity index (χ1) is 7.36. The first-order valence-electron chi connectivity index (χ1n) is 5.58. The maximum Gasteiger partial charge on any atom is 0.0639 e. The highest BCUT2D eigenvalue weighted by Gasteiger charge is 2.29. The van der Waals surface area contributed by atoms with E-state index in [1.165, 1.54) is 0 Å². The van der Waals surface area contributed by atoms with Gasteiger partial charge in [0.05, 0.1) is 6.10 Å². The predicted octanol–water partition coefficient (Wildman–Crippen LogP) is 3.42. The largest absolute Gasteiger partial charge is 0.381 e. The minimum Gasteiger partial charge on any atom is -0.381 e. The van der Waals surface area contributed by atoms with Gasteiger partial charge in [-0.3, -0.25) is 0 Å². The zero-order chi connectivity index (χ0) is 12.8. The normalized spacial score (nSPS) is 13.6. The molecule has 0 aromatic carbocycles. The first-order valence-corrected chi connectivity index (χ1v) is 6.40. The van der Waals surface area contributed by atoms with Crippen molar-refractivity contribution in [2.24, 2.45) is 5.41 Å². The van der Waals surface area contributed by atoms with Crippen molar-refractivity contribution in [3.8, 4) is 0 Å². The molecule has 16 heavy (non-hydrogen) atoms. The van der Waals surface area contributed by atoms with Gasteiger partial charge in [0.2, 0.25) is 0 Å². The molecular weight excluding hydrogens is 218 g/mol. The summed E-state index contributed by atoms with van der Waals surface area (Å²) in [5.41, 5.74) is -0.0397. The number of ether oxygens (including phenoxy) is 1. The van der Waals surface area contributed by atoms with Crippen molar-refractivity contribution in [3.05, 3.63) is 23.0 Å². The van der Waals surface area contributed by atoms with Gasteiger partial charge in [0.1, 0.15) is 0 Å². The smallest absolute Gasteiger partial charge is 0.0639 e. The molecule has 0 spiro atoms. The second kappa shape index (κ2) is 7.15. The minimum atomic E-state index is -0.0397. The van der Waals surface area contributed by atoms with E-state index in [-0.39, 0.29) is 11.5 Å². The Bertz CT molecular complexity index is 248. The Morgan fingerprint density at radius 3 is 2.44 bits per heavy atom. The lowest BCUT2D eigenvalue weighted by Crippen LogP contribution is -2.29. The fraction of sp³-hybridized carbons (Fsp3) is 0.692. The summed E-state index contributed by atoms with van der Waals surface area (Å²) in [7, 11) is 3.68. The first kappa shape index (κ1) is 15.8. The molecule has 0 aliphatic rings. The third kappa shape index (κ3) is 4.73. The highest BCUT2D eigenvalue weighted by atomic mass is 32.2. The molecule has 0 bridgehead atoms. The van der Waals surface area contributed by atoms with Crippen LogP contribution in [-0.2, 0) is 4.74 Å². The molecule has 0 rings (SSSR count). The van der Waals surface area contributed by atoms with Gasteiger partial charge in [-0.05, 0) is 36.7 Å². The lowest BCUT2D eigenvalue weighted by Gasteiger charge is -2.32. The Balaban J connectivity index is 4.29. The highest BCUT2D eigenvalue weighted by molar-refractivity contribution is 8.06. The summed E-state index contributed by atoms with van der Waals surface area (Å²) in [6.07, 6.45) is 1.13. The van der Waals surface area contributed by atoms with Gasteiger partial charge >= 0.3 is 0 Å². The van der Waals surface area contributed by atoms with Crippen molar-refractivity contribution in [1.82, 2.24) is 5.32 Å². The van der Waals surface area contributed by atoms with E-state index in [0.717, 1.165) is 22.8 Å². The summed E-state index contributed by atoms with van der Waals surface area (Å²) >= 11 is 1.68. The van der Waals surface area contributed by atoms with Gasteiger partial charge in [-0.2, -0.15) is 0 Å². The molecule has 2 nitrogen and oxygen atoms in total. The van der Waals surface area contributed by atoms with Crippen LogP contribution in [0.25, 0.3) is 0 Å². The van der Waals surface area contributed by atoms with E-state index in [1.54, 1.807) is 18.9 Å². The summed E-state index contributed by atoms with van der Waals surface area (Å²) in [6.45, 7) is 15.5. The lowest BCUT2D eigenvalue weighted by atomic mass is 9.87. The zero-order valence-electron chi connectivity index (χ0n) is 11.2. The molecule has 1 atom stereocenters. The van der Waals surface area contributed by atoms with Crippen LogP contribution in [0.15, 0.2) is 23.0 Å². The molecule has 0 aromatic rings. The van der Waals surface area contributed by atoms with Crippen LogP contribution in [0.1, 0.15) is 27.2 Å². The Labute approximate surface area is 105 Å². The second-order valence-electron chi connectivity index (χ2n) is 4.52. The van der Waals surface area contributed by atoms with Crippen LogP contribution in [0.2, 0.25) is 0 Å². The molecule has 0 aliphatic carbocycles. The average Bonchev–Trinajstić information content (AvgIpc) is 2.24. The van der Waals surface area contributed by atoms with Crippen LogP contribution >= 0.6 is 11.8 Å². The second-order valence-corrected chi connectivity index (χ2v) is 5.79. The van der Waals surface area contributed by atoms with Crippen LogP contribution in [0.3, 0.4) is 0 Å². The highest BCUT2D eigenvalue weighted by Crippen LogP contribution is 2.41. The van der Waals surface area contributed by atoms with Gasteiger partial charge in [-0.25, -0.2) is 0 Å². The minimum absolute atomic E-state index is 0.0397. The summed E-state index contributed by atoms with van der Waals surface area (Å²) < 4.78 is 5.38. The molecule has 0 aliphatic heterocycles. The Morgan fingerprint density at radius 1 is 1.44 bits per heavy atom. The van der Waals surface area contributed by atoms with Crippen LogP contribution < -0.4 is 5.32 Å². The molecule has 0 amide bonds. The summed E-state index contributed by atoms with van der Waals surface area (Å²) in [4.78, 5) is 2.26. The Kier molecular flexibility index (Phi) is 7.04. The molecule has 94 valence electrons. The molecule has 0 radical (unpaired) electrons. The lowest BCUT2D eigenvalue weighted by molar-refractivity contribution is 0.0447. The van der Waals surface area contributed by atoms with E-state index in [2.05, 4.69) is 39.2 Å². The van der Waals surface area contributed by atoms with Gasteiger partial charge in [-0.15, -0.1) is 0 Å². The van der Waals surface area contributed by atoms with E-state index < -0.39 is 0 Å². The average molecular weight is 243 g/mol. The van der Waals surface area contributed by atoms with Crippen molar-refractivity contribution >= 4 is 11.8 Å². The van der Waals surface area contributed by atoms with Crippen LogP contribution in [-0.4, -0.2) is 26.8 Å². The number of hydrogen-bond donors (Lipinski definition) is 1. The fourth-order valence-corrected chi connectivity index (χ4v) is 2.12. The van der Waals surface area contributed by atoms with E-state index in [0.29, 0.717) is 0 Å². The molecule has 0 saturated carbocycles. The van der Waals surface area contributed by atoms with E-state index in [4.69, 9.17) is 4.74 Å². The molecule has 0 aromatic heterocycles. The maximum absolute atomic E-state index is 5.38. The van der Waals surface area contributed by atoms with E-state index >= 15 is 0 Å². The monoisotopic (exact) mass is 243 g/mol. The molecule has 1 N–H and O–H groups in total. The molecule has 0 saturated heterocycles. The number of methoxy groups -OCH3 is 1. The third-order valence-corrected chi connectivity index (χ3v) is 4.28. The number of rotatable bonds is 8. The summed E-state index contributed by atoms with van der Waals surface area (Å²) in [6, 6.07) is 0. The molecule has 3 heteroatoms. The van der Waals surface area contributed by atoms with Crippen LogP contribution in [0, 0.1) is 5.41 Å². The van der Waals surface area contributed by atoms with Crippen molar-refractivity contribution < 1.29 is 4.74 Å². The summed E-state index contributed by atoms with van der Waals surface area (Å²) in [5.74, 6) is 0. The standard InChI is InChI=1S/C13H25NOS/c1-10(8-9-14-6)16-12(3)13(4,5)11(2)15-7/h11,14H,1,3,8-9H2,2,4-7H3. The molecule has 1 unspecified atom stereocenters. The van der Waals surface area contributed by atoms with Crippen molar-refractivity contribution in [3.63, 3.8) is 0 Å². The topological polar surface area (TPSA) is 21.3 Å². The maximum atomic E-state index is 5.38. The van der Waals surface area contributed by atoms with Crippen molar-refractivity contribution in [1.29, 1.82) is 0 Å². The van der Waals surface area contributed by atoms with Gasteiger partial charge in [0.25, 0.3) is 0 Å². The Hall–Kier alpha value is -0.250. The fourth-order valence-electron chi connectivity index (χ4n) is 1.14. The Morgan fingerprint density at radius 2 is 2.00 bits per heavy atom. The zero-order valence-corrected chi connectivity index (χ0v) is 12.0. The summed E-state index contributed by atoms with van der Waals surface area (Å²) in [5, 5.41) is 3.12. The van der Waals surface area contributed by atoms with Crippen LogP contribution in [0.4, 0.5) is 0 Å². The molecular formula is C13H25NOS. The van der Waals surface area contributed by atoms with Crippen molar-refractivity contribution in [2.75, 3.05) is 20.7 Å². The number of nitrogens with one attached hydrogen (secondary N) is 1. The predicted molar refractivity (Wildman–Crippen MR) is 74.7 cm³/mol. The van der Waals surface area contributed by atoms with E-state index in [9.17, 15) is 0 Å². The van der Waals surface area contributed by atoms with Gasteiger partial charge in [0, 0.05) is 12.5 Å². The third-order valence-electron chi connectivity index (χ3n) is 3.01. The molecule has 0 heterocycles. The van der Waals surface area contributed by atoms with E-state index in [1.807, 2.05) is 7.05 Å². The molecule has 0 fully saturated rings. The SMILES string of the molecule is C=C(CCNC)SC(=C)C(C)(C)C(C)OC. The number of thioether (sulfide) groups is 1. The van der Waals surface area contributed by atoms with Gasteiger partial charge in [-0.1, -0.05) is 38.8 Å². The number of hydrogen-bond acceptors (Lipinski definition) is 3.